The van der Waals surface area contributed by atoms with E-state index >= 15 is 0 Å². The first-order chi connectivity index (χ1) is 16.0. The molecule has 2 aliphatic heterocycles. The zero-order valence-electron chi connectivity index (χ0n) is 18.8. The van der Waals surface area contributed by atoms with Crippen LogP contribution in [0.1, 0.15) is 48.5 Å². The molecule has 6 nitrogen and oxygen atoms in total. The molecule has 0 aliphatic carbocycles. The summed E-state index contributed by atoms with van der Waals surface area (Å²) >= 11 is 5.96. The molecule has 0 spiro atoms. The van der Waals surface area contributed by atoms with Gasteiger partial charge in [-0.3, -0.25) is 14.5 Å². The van der Waals surface area contributed by atoms with Crippen molar-refractivity contribution in [3.8, 4) is 0 Å². The summed E-state index contributed by atoms with van der Waals surface area (Å²) in [5.41, 5.74) is 2.19. The lowest BCUT2D eigenvalue weighted by Crippen LogP contribution is -2.46. The van der Waals surface area contributed by atoms with E-state index in [-0.39, 0.29) is 18.2 Å². The minimum atomic E-state index is -0.417. The van der Waals surface area contributed by atoms with Crippen LogP contribution in [-0.2, 0) is 20.7 Å². The van der Waals surface area contributed by atoms with Crippen LogP contribution in [0.15, 0.2) is 48.5 Å². The molecule has 0 N–H and O–H groups in total. The molecular weight excluding hydrogens is 440 g/mol. The van der Waals surface area contributed by atoms with Gasteiger partial charge >= 0.3 is 5.97 Å². The number of ether oxygens (including phenoxy) is 1. The Hall–Kier alpha value is -2.70. The van der Waals surface area contributed by atoms with Gasteiger partial charge in [0.1, 0.15) is 0 Å². The van der Waals surface area contributed by atoms with Gasteiger partial charge in [-0.1, -0.05) is 23.7 Å². The summed E-state index contributed by atoms with van der Waals surface area (Å²) in [6.45, 7) is 3.69. The third kappa shape index (κ3) is 5.45. The van der Waals surface area contributed by atoms with Crippen LogP contribution in [0.5, 0.6) is 0 Å². The number of carbonyl (C=O) groups excluding carboxylic acids is 3. The molecule has 174 valence electrons. The number of anilines is 1. The molecule has 0 unspecified atom stereocenters. The topological polar surface area (TPSA) is 66.9 Å². The first-order valence-electron chi connectivity index (χ1n) is 11.6. The Morgan fingerprint density at radius 1 is 1.03 bits per heavy atom. The van der Waals surface area contributed by atoms with E-state index in [1.54, 1.807) is 31.2 Å². The highest BCUT2D eigenvalue weighted by Crippen LogP contribution is 2.30. The van der Waals surface area contributed by atoms with Crippen molar-refractivity contribution in [1.29, 1.82) is 0 Å². The zero-order valence-corrected chi connectivity index (χ0v) is 19.6. The average Bonchev–Trinajstić information content (AvgIpc) is 3.13. The Bertz CT molecular complexity index is 998. The summed E-state index contributed by atoms with van der Waals surface area (Å²) in [5.74, 6) is -0.169. The molecule has 2 aliphatic rings. The summed E-state index contributed by atoms with van der Waals surface area (Å²) in [6.07, 6.45) is 4.40. The van der Waals surface area contributed by atoms with Gasteiger partial charge in [-0.2, -0.15) is 0 Å². The summed E-state index contributed by atoms with van der Waals surface area (Å²) in [7, 11) is 0. The van der Waals surface area contributed by atoms with E-state index in [0.29, 0.717) is 23.8 Å². The standard InChI is InChI=1S/C26H29ClN2O4/c1-2-33-26(32)20-7-11-22(12-8-20)29-24(30)17-23(25(29)31)28-15-13-19(14-16-28)4-3-18-5-9-21(27)10-6-18/h5-12,19,23H,2-4,13-17H2,1H3/t23-/m1/s1. The lowest BCUT2D eigenvalue weighted by Gasteiger charge is -2.34. The van der Waals surface area contributed by atoms with Gasteiger partial charge in [0, 0.05) is 5.02 Å². The van der Waals surface area contributed by atoms with Crippen LogP contribution in [0.25, 0.3) is 0 Å². The largest absolute Gasteiger partial charge is 0.462 e. The number of benzene rings is 2. The molecule has 0 radical (unpaired) electrons. The predicted octanol–water partition coefficient (Wildman–Crippen LogP) is 4.49. The van der Waals surface area contributed by atoms with E-state index in [0.717, 1.165) is 43.8 Å². The van der Waals surface area contributed by atoms with Crippen LogP contribution < -0.4 is 4.90 Å². The molecule has 2 aromatic rings. The number of rotatable bonds is 7. The van der Waals surface area contributed by atoms with E-state index in [1.807, 2.05) is 12.1 Å². The fourth-order valence-electron chi connectivity index (χ4n) is 4.71. The Kier molecular flexibility index (Phi) is 7.46. The third-order valence-electron chi connectivity index (χ3n) is 6.60. The predicted molar refractivity (Wildman–Crippen MR) is 127 cm³/mol. The highest BCUT2D eigenvalue weighted by Gasteiger charge is 2.43. The molecule has 33 heavy (non-hydrogen) atoms. The summed E-state index contributed by atoms with van der Waals surface area (Å²) in [5, 5.41) is 0.756. The molecule has 2 heterocycles. The van der Waals surface area contributed by atoms with E-state index in [4.69, 9.17) is 16.3 Å². The SMILES string of the molecule is CCOC(=O)c1ccc(N2C(=O)C[C@@H](N3CCC(CCc4ccc(Cl)cc4)CC3)C2=O)cc1. The molecular formula is C26H29ClN2O4. The van der Waals surface area contributed by atoms with Crippen molar-refractivity contribution >= 4 is 35.1 Å². The van der Waals surface area contributed by atoms with Crippen LogP contribution in [0.2, 0.25) is 5.02 Å². The van der Waals surface area contributed by atoms with Crippen molar-refractivity contribution in [3.05, 3.63) is 64.7 Å². The second-order valence-corrected chi connectivity index (χ2v) is 9.14. The Morgan fingerprint density at radius 3 is 2.33 bits per heavy atom. The van der Waals surface area contributed by atoms with E-state index in [9.17, 15) is 14.4 Å². The molecule has 2 saturated heterocycles. The number of esters is 1. The third-order valence-corrected chi connectivity index (χ3v) is 6.86. The van der Waals surface area contributed by atoms with Gasteiger partial charge in [-0.05, 0) is 93.6 Å². The molecule has 2 fully saturated rings. The van der Waals surface area contributed by atoms with Gasteiger partial charge in [0.25, 0.3) is 5.91 Å². The monoisotopic (exact) mass is 468 g/mol. The summed E-state index contributed by atoms with van der Waals surface area (Å²) in [6, 6.07) is 14.1. The quantitative estimate of drug-likeness (QED) is 0.442. The van der Waals surface area contributed by atoms with Crippen LogP contribution >= 0.6 is 11.6 Å². The number of likely N-dealkylation sites (tertiary alicyclic amines) is 1. The summed E-state index contributed by atoms with van der Waals surface area (Å²) in [4.78, 5) is 41.1. The first kappa shape index (κ1) is 23.5. The lowest BCUT2D eigenvalue weighted by atomic mass is 9.90. The van der Waals surface area contributed by atoms with Crippen molar-refractivity contribution in [2.45, 2.75) is 45.1 Å². The Labute approximate surface area is 199 Å². The van der Waals surface area contributed by atoms with Gasteiger partial charge < -0.3 is 4.74 Å². The number of amides is 2. The number of piperidine rings is 1. The van der Waals surface area contributed by atoms with Gasteiger partial charge in [0.05, 0.1) is 30.3 Å². The number of imide groups is 1. The van der Waals surface area contributed by atoms with Crippen molar-refractivity contribution < 1.29 is 19.1 Å². The molecule has 2 aromatic carbocycles. The molecule has 0 bridgehead atoms. The fraction of sp³-hybridized carbons (Fsp3) is 0.423. The minimum Gasteiger partial charge on any atom is -0.462 e. The van der Waals surface area contributed by atoms with Crippen LogP contribution in [-0.4, -0.2) is 48.4 Å². The summed E-state index contributed by atoms with van der Waals surface area (Å²) < 4.78 is 4.99. The fourth-order valence-corrected chi connectivity index (χ4v) is 4.83. The van der Waals surface area contributed by atoms with Gasteiger partial charge in [-0.15, -0.1) is 0 Å². The number of aryl methyl sites for hydroxylation is 1. The van der Waals surface area contributed by atoms with Gasteiger partial charge in [0.2, 0.25) is 5.91 Å². The van der Waals surface area contributed by atoms with E-state index < -0.39 is 12.0 Å². The smallest absolute Gasteiger partial charge is 0.338 e. The average molecular weight is 469 g/mol. The Morgan fingerprint density at radius 2 is 1.70 bits per heavy atom. The number of halogens is 1. The van der Waals surface area contributed by atoms with Crippen molar-refractivity contribution in [2.24, 2.45) is 5.92 Å². The first-order valence-corrected chi connectivity index (χ1v) is 12.0. The van der Waals surface area contributed by atoms with Crippen LogP contribution in [0.3, 0.4) is 0 Å². The van der Waals surface area contributed by atoms with Crippen molar-refractivity contribution in [3.63, 3.8) is 0 Å². The maximum absolute atomic E-state index is 13.1. The van der Waals surface area contributed by atoms with Gasteiger partial charge in [-0.25, -0.2) is 9.69 Å². The number of hydrogen-bond acceptors (Lipinski definition) is 5. The number of nitrogens with zero attached hydrogens (tertiary/aromatic N) is 2. The second kappa shape index (κ2) is 10.5. The minimum absolute atomic E-state index is 0.177. The normalized spacial score (nSPS) is 19.8. The molecule has 4 rings (SSSR count). The van der Waals surface area contributed by atoms with Crippen molar-refractivity contribution in [2.75, 3.05) is 24.6 Å². The maximum atomic E-state index is 13.1. The van der Waals surface area contributed by atoms with Crippen LogP contribution in [0.4, 0.5) is 5.69 Å². The molecule has 2 amide bonds. The molecule has 0 saturated carbocycles. The van der Waals surface area contributed by atoms with Gasteiger partial charge in [0.15, 0.2) is 0 Å². The number of hydrogen-bond donors (Lipinski definition) is 0. The molecule has 1 atom stereocenters. The second-order valence-electron chi connectivity index (χ2n) is 8.70. The zero-order chi connectivity index (χ0) is 23.4. The van der Waals surface area contributed by atoms with E-state index in [1.165, 1.54) is 10.5 Å². The van der Waals surface area contributed by atoms with Crippen molar-refractivity contribution in [1.82, 2.24) is 4.90 Å². The highest BCUT2D eigenvalue weighted by atomic mass is 35.5. The highest BCUT2D eigenvalue weighted by molar-refractivity contribution is 6.30. The molecule has 0 aromatic heterocycles. The lowest BCUT2D eigenvalue weighted by molar-refractivity contribution is -0.123. The Balaban J connectivity index is 1.31. The molecule has 7 heteroatoms. The number of carbonyl (C=O) groups is 3. The maximum Gasteiger partial charge on any atom is 0.338 e. The van der Waals surface area contributed by atoms with Crippen LogP contribution in [0, 0.1) is 5.92 Å². The van der Waals surface area contributed by atoms with E-state index in [2.05, 4.69) is 17.0 Å².